The average molecular weight is 513 g/mol. The lowest BCUT2D eigenvalue weighted by molar-refractivity contribution is -0.858. The van der Waals surface area contributed by atoms with E-state index in [1.165, 1.54) is 16.0 Å². The number of halogens is 2. The van der Waals surface area contributed by atoms with E-state index in [0.29, 0.717) is 29.2 Å². The summed E-state index contributed by atoms with van der Waals surface area (Å²) >= 11 is 12.4. The van der Waals surface area contributed by atoms with Crippen molar-refractivity contribution in [3.05, 3.63) is 87.2 Å². The van der Waals surface area contributed by atoms with Gasteiger partial charge in [-0.1, -0.05) is 53.2 Å². The molecule has 3 aromatic rings. The zero-order valence-electron chi connectivity index (χ0n) is 19.7. The molecule has 0 bridgehead atoms. The molecule has 0 radical (unpaired) electrons. The van der Waals surface area contributed by atoms with Gasteiger partial charge in [0.25, 0.3) is 5.91 Å². The van der Waals surface area contributed by atoms with E-state index in [9.17, 15) is 14.7 Å². The van der Waals surface area contributed by atoms with E-state index in [-0.39, 0.29) is 16.2 Å². The van der Waals surface area contributed by atoms with E-state index in [1.54, 1.807) is 29.8 Å². The number of para-hydroxylation sites is 1. The number of hydrogen-bond donors (Lipinski definition) is 1. The van der Waals surface area contributed by atoms with Crippen molar-refractivity contribution in [1.29, 1.82) is 0 Å². The fourth-order valence-electron chi connectivity index (χ4n) is 4.34. The van der Waals surface area contributed by atoms with Crippen LogP contribution >= 0.6 is 23.2 Å². The minimum Gasteiger partial charge on any atom is -0.872 e. The third kappa shape index (κ3) is 4.85. The molecular weight excluding hydrogens is 487 g/mol. The van der Waals surface area contributed by atoms with Crippen LogP contribution in [-0.4, -0.2) is 53.6 Å². The van der Waals surface area contributed by atoms with Crippen LogP contribution in [0.1, 0.15) is 29.3 Å². The molecule has 7 nitrogen and oxygen atoms in total. The normalized spacial score (nSPS) is 17.5. The summed E-state index contributed by atoms with van der Waals surface area (Å²) < 4.78 is 1.64. The van der Waals surface area contributed by atoms with Crippen LogP contribution in [-0.2, 0) is 9.59 Å². The summed E-state index contributed by atoms with van der Waals surface area (Å²) in [6.45, 7) is 2.90. The van der Waals surface area contributed by atoms with E-state index in [1.807, 2.05) is 44.4 Å². The van der Waals surface area contributed by atoms with Crippen LogP contribution in [0.4, 0.5) is 0 Å². The molecule has 0 saturated carbocycles. The molecule has 1 amide bonds. The fourth-order valence-corrected chi connectivity index (χ4v) is 4.65. The van der Waals surface area contributed by atoms with Crippen LogP contribution in [0.25, 0.3) is 11.4 Å². The van der Waals surface area contributed by atoms with E-state index in [0.717, 1.165) is 12.2 Å². The maximum Gasteiger partial charge on any atom is 0.295 e. The number of benzene rings is 2. The van der Waals surface area contributed by atoms with Gasteiger partial charge < -0.3 is 14.9 Å². The summed E-state index contributed by atoms with van der Waals surface area (Å²) in [6.07, 6.45) is 2.12. The minimum atomic E-state index is -0.853. The molecule has 9 heteroatoms. The van der Waals surface area contributed by atoms with Crippen LogP contribution in [0.15, 0.2) is 60.3 Å². The zero-order chi connectivity index (χ0) is 25.3. The van der Waals surface area contributed by atoms with Crippen molar-refractivity contribution in [3.63, 3.8) is 0 Å². The lowest BCUT2D eigenvalue weighted by atomic mass is 9.95. The summed E-state index contributed by atoms with van der Waals surface area (Å²) in [5, 5.41) is 18.8. The van der Waals surface area contributed by atoms with Gasteiger partial charge in [0.1, 0.15) is 0 Å². The largest absolute Gasteiger partial charge is 0.872 e. The molecule has 0 aliphatic carbocycles. The van der Waals surface area contributed by atoms with Crippen molar-refractivity contribution >= 4 is 40.7 Å². The zero-order valence-corrected chi connectivity index (χ0v) is 21.2. The van der Waals surface area contributed by atoms with Crippen molar-refractivity contribution in [3.8, 4) is 5.69 Å². The molecule has 0 spiro atoms. The van der Waals surface area contributed by atoms with E-state index in [4.69, 9.17) is 23.2 Å². The van der Waals surface area contributed by atoms with E-state index in [2.05, 4.69) is 5.10 Å². The molecule has 4 rings (SSSR count). The second-order valence-electron chi connectivity index (χ2n) is 8.85. The first-order valence-corrected chi connectivity index (χ1v) is 12.1. The average Bonchev–Trinajstić information content (AvgIpc) is 3.33. The number of Topliss-reactive ketones (excluding diaryl/α,β-unsaturated/α-hetero) is 1. The lowest BCUT2D eigenvalue weighted by Crippen LogP contribution is -3.05. The van der Waals surface area contributed by atoms with Crippen LogP contribution in [0.5, 0.6) is 0 Å². The first kappa shape index (κ1) is 25.0. The van der Waals surface area contributed by atoms with Gasteiger partial charge in [-0.2, -0.15) is 5.10 Å². The highest BCUT2D eigenvalue weighted by Crippen LogP contribution is 2.40. The van der Waals surface area contributed by atoms with Gasteiger partial charge in [-0.3, -0.25) is 9.59 Å². The quantitative estimate of drug-likeness (QED) is 0.299. The molecule has 1 fully saturated rings. The number of ketones is 1. The van der Waals surface area contributed by atoms with Crippen molar-refractivity contribution in [1.82, 2.24) is 14.7 Å². The van der Waals surface area contributed by atoms with Gasteiger partial charge in [0, 0.05) is 29.8 Å². The summed E-state index contributed by atoms with van der Waals surface area (Å²) in [4.78, 5) is 29.0. The summed E-state index contributed by atoms with van der Waals surface area (Å²) in [5.41, 5.74) is 2.11. The highest BCUT2D eigenvalue weighted by molar-refractivity contribution is 6.46. The number of carbonyl (C=O) groups is 2. The minimum absolute atomic E-state index is 0.0960. The van der Waals surface area contributed by atoms with E-state index < -0.39 is 23.5 Å². The summed E-state index contributed by atoms with van der Waals surface area (Å²) in [7, 11) is 4.03. The molecule has 2 heterocycles. The van der Waals surface area contributed by atoms with Gasteiger partial charge in [0.2, 0.25) is 5.78 Å². The predicted octanol–water partition coefficient (Wildman–Crippen LogP) is 2.25. The van der Waals surface area contributed by atoms with Gasteiger partial charge in [-0.15, -0.1) is 0 Å². The van der Waals surface area contributed by atoms with Gasteiger partial charge in [-0.05, 0) is 36.8 Å². The molecule has 1 aliphatic heterocycles. The molecule has 1 aromatic heterocycles. The first-order valence-electron chi connectivity index (χ1n) is 11.3. The number of rotatable bonds is 7. The Morgan fingerprint density at radius 3 is 2.46 bits per heavy atom. The topological polar surface area (TPSA) is 82.7 Å². The van der Waals surface area contributed by atoms with Crippen LogP contribution in [0.2, 0.25) is 10.0 Å². The Labute approximate surface area is 214 Å². The smallest absolute Gasteiger partial charge is 0.295 e. The molecule has 35 heavy (non-hydrogen) atoms. The molecule has 1 saturated heterocycles. The number of likely N-dealkylation sites (tertiary alicyclic amines) is 1. The summed E-state index contributed by atoms with van der Waals surface area (Å²) in [6, 6.07) is 13.4. The van der Waals surface area contributed by atoms with Gasteiger partial charge in [-0.25, -0.2) is 4.68 Å². The van der Waals surface area contributed by atoms with Crippen LogP contribution < -0.4 is 10.0 Å². The molecule has 1 N–H and O–H groups in total. The summed E-state index contributed by atoms with van der Waals surface area (Å²) in [5.74, 6) is -2.00. The Hall–Kier alpha value is -3.13. The fraction of sp³-hybridized carbons (Fsp3) is 0.269. The number of nitrogens with one attached hydrogen (secondary N) is 1. The Morgan fingerprint density at radius 1 is 1.09 bits per heavy atom. The molecular formula is C26H26Cl2N4O3. The number of nitrogens with zero attached hydrogens (tertiary/aromatic N) is 3. The van der Waals surface area contributed by atoms with Crippen molar-refractivity contribution in [2.75, 3.05) is 27.2 Å². The Kier molecular flexibility index (Phi) is 7.31. The van der Waals surface area contributed by atoms with E-state index >= 15 is 0 Å². The van der Waals surface area contributed by atoms with Crippen molar-refractivity contribution in [2.24, 2.45) is 0 Å². The van der Waals surface area contributed by atoms with Gasteiger partial charge in [0.15, 0.2) is 0 Å². The third-order valence-electron chi connectivity index (χ3n) is 6.12. The monoisotopic (exact) mass is 512 g/mol. The van der Waals surface area contributed by atoms with Crippen molar-refractivity contribution in [2.45, 2.75) is 19.4 Å². The highest BCUT2D eigenvalue weighted by Gasteiger charge is 2.44. The molecule has 2 aromatic carbocycles. The molecule has 182 valence electrons. The number of amides is 1. The molecule has 1 aliphatic rings. The number of quaternary nitrogens is 1. The SMILES string of the molecule is Cc1c(C([O-])=C2C(=O)C(=O)N(CCC[NH+](C)C)C2c2ccc(Cl)c(Cl)c2)cnn1-c1ccccc1. The Balaban J connectivity index is 1.83. The molecule has 1 atom stereocenters. The van der Waals surface area contributed by atoms with Crippen LogP contribution in [0.3, 0.4) is 0 Å². The maximum atomic E-state index is 13.8. The second kappa shape index (κ2) is 10.2. The second-order valence-corrected chi connectivity index (χ2v) is 9.66. The Bertz CT molecular complexity index is 1300. The van der Waals surface area contributed by atoms with Gasteiger partial charge >= 0.3 is 0 Å². The maximum absolute atomic E-state index is 13.8. The van der Waals surface area contributed by atoms with Gasteiger partial charge in [0.05, 0.1) is 48.6 Å². The Morgan fingerprint density at radius 2 is 1.80 bits per heavy atom. The number of carbonyl (C=O) groups excluding carboxylic acids is 2. The van der Waals surface area contributed by atoms with Crippen molar-refractivity contribution < 1.29 is 19.6 Å². The standard InChI is InChI=1S/C26H26Cl2N4O3/c1-16-19(15-29-32(16)18-8-5-4-6-9-18)24(33)22-23(17-10-11-20(27)21(28)14-17)31(26(35)25(22)34)13-7-12-30(2)3/h4-6,8-11,14-15,23,33H,7,12-13H2,1-3H3. The van der Waals surface area contributed by atoms with Crippen LogP contribution in [0, 0.1) is 6.92 Å². The third-order valence-corrected chi connectivity index (χ3v) is 6.86. The highest BCUT2D eigenvalue weighted by atomic mass is 35.5. The number of hydrogen-bond acceptors (Lipinski definition) is 4. The number of aromatic nitrogens is 2. The molecule has 1 unspecified atom stereocenters. The predicted molar refractivity (Wildman–Crippen MR) is 133 cm³/mol. The lowest BCUT2D eigenvalue weighted by Gasteiger charge is -2.27. The first-order chi connectivity index (χ1) is 16.7.